The SMILES string of the molecule is Cc1ccc2c(c1)c(C1CNC1)nn2C(OC(=O)C(F)(F)F)C(=O)N1CCC[C@H]1C(F)(F)F. The van der Waals surface area contributed by atoms with Crippen LogP contribution in [0.15, 0.2) is 18.2 Å². The topological polar surface area (TPSA) is 76.5 Å². The third kappa shape index (κ3) is 4.37. The molecule has 2 saturated heterocycles. The molecule has 2 fully saturated rings. The molecule has 0 aliphatic carbocycles. The average Bonchev–Trinajstić information content (AvgIpc) is 3.29. The molecule has 0 spiro atoms. The number of rotatable bonds is 4. The number of amides is 1. The van der Waals surface area contributed by atoms with E-state index in [4.69, 9.17) is 0 Å². The summed E-state index contributed by atoms with van der Waals surface area (Å²) in [6, 6.07) is 2.63. The van der Waals surface area contributed by atoms with Gasteiger partial charge in [-0.15, -0.1) is 0 Å². The number of aromatic nitrogens is 2. The number of halogens is 6. The van der Waals surface area contributed by atoms with Crippen molar-refractivity contribution in [3.8, 4) is 0 Å². The second kappa shape index (κ2) is 8.19. The van der Waals surface area contributed by atoms with Crippen LogP contribution >= 0.6 is 0 Å². The monoisotopic (exact) mass is 478 g/mol. The van der Waals surface area contributed by atoms with E-state index in [1.807, 2.05) is 0 Å². The number of likely N-dealkylation sites (tertiary alicyclic amines) is 1. The Labute approximate surface area is 183 Å². The zero-order valence-corrected chi connectivity index (χ0v) is 17.3. The van der Waals surface area contributed by atoms with Crippen LogP contribution < -0.4 is 5.32 Å². The summed E-state index contributed by atoms with van der Waals surface area (Å²) in [6.45, 7) is 2.51. The highest BCUT2D eigenvalue weighted by Gasteiger charge is 2.51. The molecular formula is C20H20F6N4O3. The molecule has 1 N–H and O–H groups in total. The Balaban J connectivity index is 1.81. The lowest BCUT2D eigenvalue weighted by atomic mass is 9.96. The Kier molecular flexibility index (Phi) is 5.79. The number of carbonyl (C=O) groups is 2. The molecular weight excluding hydrogens is 458 g/mol. The molecule has 1 unspecified atom stereocenters. The number of fused-ring (bicyclic) bond motifs is 1. The molecule has 1 aromatic carbocycles. The van der Waals surface area contributed by atoms with E-state index < -0.39 is 42.9 Å². The second-order valence-corrected chi connectivity index (χ2v) is 8.19. The van der Waals surface area contributed by atoms with Gasteiger partial charge in [-0.05, 0) is 31.9 Å². The van der Waals surface area contributed by atoms with Gasteiger partial charge in [-0.3, -0.25) is 4.79 Å². The molecule has 2 aromatic rings. The summed E-state index contributed by atoms with van der Waals surface area (Å²) >= 11 is 0. The molecule has 1 amide bonds. The Morgan fingerprint density at radius 1 is 1.18 bits per heavy atom. The van der Waals surface area contributed by atoms with Crippen molar-refractivity contribution in [2.75, 3.05) is 19.6 Å². The van der Waals surface area contributed by atoms with Crippen LogP contribution in [0.5, 0.6) is 0 Å². The van der Waals surface area contributed by atoms with Gasteiger partial charge in [0.15, 0.2) is 0 Å². The van der Waals surface area contributed by atoms with Gasteiger partial charge in [0.1, 0.15) is 6.04 Å². The molecule has 2 atom stereocenters. The normalized spacial score (nSPS) is 20.7. The minimum Gasteiger partial charge on any atom is -0.423 e. The van der Waals surface area contributed by atoms with Gasteiger partial charge in [0.05, 0.1) is 11.2 Å². The molecule has 33 heavy (non-hydrogen) atoms. The molecule has 0 radical (unpaired) electrons. The van der Waals surface area contributed by atoms with Crippen molar-refractivity contribution in [1.82, 2.24) is 20.0 Å². The number of benzene rings is 1. The van der Waals surface area contributed by atoms with Crippen molar-refractivity contribution in [1.29, 1.82) is 0 Å². The first kappa shape index (κ1) is 23.3. The summed E-state index contributed by atoms with van der Waals surface area (Å²) in [6.07, 6.45) is -13.0. The molecule has 13 heteroatoms. The second-order valence-electron chi connectivity index (χ2n) is 8.19. The maximum Gasteiger partial charge on any atom is 0.491 e. The van der Waals surface area contributed by atoms with Crippen molar-refractivity contribution in [3.05, 3.63) is 29.5 Å². The molecule has 2 aliphatic heterocycles. The van der Waals surface area contributed by atoms with Gasteiger partial charge < -0.3 is 15.0 Å². The van der Waals surface area contributed by atoms with E-state index in [0.717, 1.165) is 10.2 Å². The van der Waals surface area contributed by atoms with Gasteiger partial charge in [0.2, 0.25) is 0 Å². The van der Waals surface area contributed by atoms with E-state index in [1.54, 1.807) is 19.1 Å². The van der Waals surface area contributed by atoms with E-state index in [-0.39, 0.29) is 24.4 Å². The number of esters is 1. The molecule has 3 heterocycles. The van der Waals surface area contributed by atoms with Gasteiger partial charge in [-0.25, -0.2) is 9.48 Å². The fourth-order valence-electron chi connectivity index (χ4n) is 4.13. The van der Waals surface area contributed by atoms with Crippen LogP contribution in [0, 0.1) is 6.92 Å². The Bertz CT molecular complexity index is 1080. The van der Waals surface area contributed by atoms with E-state index in [1.165, 1.54) is 6.07 Å². The van der Waals surface area contributed by atoms with E-state index >= 15 is 0 Å². The summed E-state index contributed by atoms with van der Waals surface area (Å²) in [5.41, 5.74) is 1.45. The molecule has 1 aromatic heterocycles. The number of nitrogens with one attached hydrogen (secondary N) is 1. The first-order valence-electron chi connectivity index (χ1n) is 10.2. The molecule has 180 valence electrons. The molecule has 7 nitrogen and oxygen atoms in total. The number of carbonyl (C=O) groups excluding carboxylic acids is 2. The minimum atomic E-state index is -5.45. The lowest BCUT2D eigenvalue weighted by molar-refractivity contribution is -0.214. The van der Waals surface area contributed by atoms with Crippen molar-refractivity contribution < 1.29 is 40.7 Å². The fraction of sp³-hybridized carbons (Fsp3) is 0.550. The summed E-state index contributed by atoms with van der Waals surface area (Å²) in [5.74, 6) is -4.21. The Morgan fingerprint density at radius 2 is 1.88 bits per heavy atom. The zero-order valence-electron chi connectivity index (χ0n) is 17.3. The van der Waals surface area contributed by atoms with Crippen LogP contribution in [0.2, 0.25) is 0 Å². The van der Waals surface area contributed by atoms with Gasteiger partial charge in [0, 0.05) is 30.9 Å². The van der Waals surface area contributed by atoms with Gasteiger partial charge in [0.25, 0.3) is 12.1 Å². The van der Waals surface area contributed by atoms with Crippen LogP contribution in [-0.2, 0) is 14.3 Å². The largest absolute Gasteiger partial charge is 0.491 e. The first-order valence-corrected chi connectivity index (χ1v) is 10.2. The van der Waals surface area contributed by atoms with Crippen LogP contribution in [0.25, 0.3) is 10.9 Å². The van der Waals surface area contributed by atoms with Crippen LogP contribution in [-0.4, -0.2) is 64.6 Å². The highest BCUT2D eigenvalue weighted by molar-refractivity contribution is 5.88. The fourth-order valence-corrected chi connectivity index (χ4v) is 4.13. The predicted octanol–water partition coefficient (Wildman–Crippen LogP) is 3.19. The Morgan fingerprint density at radius 3 is 2.45 bits per heavy atom. The van der Waals surface area contributed by atoms with E-state index in [9.17, 15) is 35.9 Å². The smallest absolute Gasteiger partial charge is 0.423 e. The maximum atomic E-state index is 13.4. The number of hydrogen-bond donors (Lipinski definition) is 1. The molecule has 4 rings (SSSR count). The van der Waals surface area contributed by atoms with Gasteiger partial charge in [-0.2, -0.15) is 31.4 Å². The maximum absolute atomic E-state index is 13.4. The van der Waals surface area contributed by atoms with E-state index in [2.05, 4.69) is 15.2 Å². The van der Waals surface area contributed by atoms with Crippen molar-refractivity contribution >= 4 is 22.8 Å². The Hall–Kier alpha value is -2.83. The molecule has 0 saturated carbocycles. The van der Waals surface area contributed by atoms with Crippen molar-refractivity contribution in [2.24, 2.45) is 0 Å². The van der Waals surface area contributed by atoms with Crippen LogP contribution in [0.4, 0.5) is 26.3 Å². The van der Waals surface area contributed by atoms with Crippen molar-refractivity contribution in [2.45, 2.75) is 50.3 Å². The molecule has 2 aliphatic rings. The highest BCUT2D eigenvalue weighted by Crippen LogP contribution is 2.36. The third-order valence-electron chi connectivity index (χ3n) is 5.86. The number of hydrogen-bond acceptors (Lipinski definition) is 5. The number of aryl methyl sites for hydroxylation is 1. The van der Waals surface area contributed by atoms with E-state index in [0.29, 0.717) is 29.1 Å². The summed E-state index contributed by atoms with van der Waals surface area (Å²) in [4.78, 5) is 25.2. The van der Waals surface area contributed by atoms with Gasteiger partial charge >= 0.3 is 18.3 Å². The lowest BCUT2D eigenvalue weighted by Gasteiger charge is -2.30. The van der Waals surface area contributed by atoms with Gasteiger partial charge in [-0.1, -0.05) is 11.6 Å². The summed E-state index contributed by atoms with van der Waals surface area (Å²) in [5, 5.41) is 7.83. The number of ether oxygens (including phenoxy) is 1. The number of alkyl halides is 6. The van der Waals surface area contributed by atoms with Crippen LogP contribution in [0.3, 0.4) is 0 Å². The summed E-state index contributed by atoms with van der Waals surface area (Å²) < 4.78 is 84.5. The predicted molar refractivity (Wildman–Crippen MR) is 102 cm³/mol. The third-order valence-corrected chi connectivity index (χ3v) is 5.86. The average molecular weight is 478 g/mol. The zero-order chi connectivity index (χ0) is 24.1. The number of nitrogens with zero attached hydrogens (tertiary/aromatic N) is 3. The lowest BCUT2D eigenvalue weighted by Crippen LogP contribution is -2.48. The minimum absolute atomic E-state index is 0.00783. The summed E-state index contributed by atoms with van der Waals surface area (Å²) in [7, 11) is 0. The van der Waals surface area contributed by atoms with Crippen LogP contribution in [0.1, 0.15) is 36.2 Å². The molecule has 0 bridgehead atoms. The first-order chi connectivity index (χ1) is 15.4. The standard InChI is InChI=1S/C20H20F6N4O3/c1-10-4-5-13-12(7-10)15(11-8-27-9-11)28-30(13)17(33-18(32)20(24,25)26)16(31)29-6-2-3-14(29)19(21,22)23/h4-5,7,11,14,17,27H,2-3,6,8-9H2,1H3/t14-,17?/m0/s1. The quantitative estimate of drug-likeness (QED) is 0.540. The highest BCUT2D eigenvalue weighted by atomic mass is 19.4. The van der Waals surface area contributed by atoms with Crippen molar-refractivity contribution in [3.63, 3.8) is 0 Å².